The molecule has 1 aliphatic heterocycles. The fourth-order valence-corrected chi connectivity index (χ4v) is 4.52. The molecule has 1 aliphatic rings. The van der Waals surface area contributed by atoms with E-state index >= 15 is 0 Å². The molecule has 0 amide bonds. The van der Waals surface area contributed by atoms with E-state index in [0.29, 0.717) is 13.2 Å². The van der Waals surface area contributed by atoms with Crippen molar-refractivity contribution in [2.24, 2.45) is 0 Å². The molecule has 0 saturated carbocycles. The molecule has 0 bridgehead atoms. The van der Waals surface area contributed by atoms with Crippen molar-refractivity contribution in [3.63, 3.8) is 0 Å². The Balaban J connectivity index is 1.80. The summed E-state index contributed by atoms with van der Waals surface area (Å²) in [5.41, 5.74) is 9.55. The molecule has 4 aromatic carbocycles. The van der Waals surface area contributed by atoms with Crippen molar-refractivity contribution in [2.45, 2.75) is 20.3 Å². The van der Waals surface area contributed by atoms with E-state index in [1.165, 1.54) is 33.4 Å². The lowest BCUT2D eigenvalue weighted by Crippen LogP contribution is -2.03. The van der Waals surface area contributed by atoms with Gasteiger partial charge in [-0.15, -0.1) is 0 Å². The Morgan fingerprint density at radius 3 is 1.35 bits per heavy atom. The highest BCUT2D eigenvalue weighted by Gasteiger charge is 2.23. The maximum absolute atomic E-state index is 6.26. The molecule has 0 spiro atoms. The van der Waals surface area contributed by atoms with Crippen molar-refractivity contribution < 1.29 is 9.47 Å². The lowest BCUT2D eigenvalue weighted by Gasteiger charge is -2.21. The lowest BCUT2D eigenvalue weighted by molar-refractivity contribution is 0.252. The first-order valence-electron chi connectivity index (χ1n) is 10.9. The first kappa shape index (κ1) is 19.4. The van der Waals surface area contributed by atoms with Crippen LogP contribution in [0.15, 0.2) is 84.9 Å². The average Bonchev–Trinajstić information content (AvgIpc) is 2.90. The molecule has 0 atom stereocenters. The van der Waals surface area contributed by atoms with Crippen LogP contribution in [-0.2, 0) is 0 Å². The molecule has 31 heavy (non-hydrogen) atoms. The molecule has 0 N–H and O–H groups in total. The first-order valence-corrected chi connectivity index (χ1v) is 10.9. The van der Waals surface area contributed by atoms with Crippen molar-refractivity contribution >= 4 is 0 Å². The van der Waals surface area contributed by atoms with Gasteiger partial charge in [-0.25, -0.2) is 0 Å². The van der Waals surface area contributed by atoms with Crippen molar-refractivity contribution in [3.05, 3.63) is 96.1 Å². The van der Waals surface area contributed by atoms with Gasteiger partial charge in [0.15, 0.2) is 0 Å². The Bertz CT molecular complexity index is 1110. The molecule has 2 heteroatoms. The van der Waals surface area contributed by atoms with Gasteiger partial charge in [0.05, 0.1) is 13.2 Å². The molecule has 0 saturated heterocycles. The molecule has 0 radical (unpaired) electrons. The van der Waals surface area contributed by atoms with E-state index in [9.17, 15) is 0 Å². The van der Waals surface area contributed by atoms with Gasteiger partial charge in [-0.05, 0) is 59.4 Å². The zero-order valence-corrected chi connectivity index (χ0v) is 18.0. The van der Waals surface area contributed by atoms with Crippen LogP contribution in [0.1, 0.15) is 17.5 Å². The minimum atomic E-state index is 0.649. The van der Waals surface area contributed by atoms with E-state index in [4.69, 9.17) is 9.47 Å². The third kappa shape index (κ3) is 3.59. The van der Waals surface area contributed by atoms with Crippen LogP contribution in [0.2, 0.25) is 0 Å². The van der Waals surface area contributed by atoms with Gasteiger partial charge >= 0.3 is 0 Å². The average molecular weight is 407 g/mol. The van der Waals surface area contributed by atoms with E-state index in [-0.39, 0.29) is 0 Å². The molecule has 0 unspecified atom stereocenters. The second-order valence-corrected chi connectivity index (χ2v) is 8.01. The Hall–Kier alpha value is -3.52. The van der Waals surface area contributed by atoms with Gasteiger partial charge in [0.2, 0.25) is 0 Å². The van der Waals surface area contributed by atoms with Crippen LogP contribution >= 0.6 is 0 Å². The maximum Gasteiger partial charge on any atom is 0.127 e. The summed E-state index contributed by atoms with van der Waals surface area (Å²) in [5.74, 6) is 1.86. The summed E-state index contributed by atoms with van der Waals surface area (Å²) in [6, 6.07) is 29.7. The molecule has 2 nitrogen and oxygen atoms in total. The van der Waals surface area contributed by atoms with Gasteiger partial charge in [0.25, 0.3) is 0 Å². The maximum atomic E-state index is 6.26. The molecule has 0 aromatic heterocycles. The minimum absolute atomic E-state index is 0.649. The van der Waals surface area contributed by atoms with E-state index in [1.54, 1.807) is 0 Å². The number of hydrogen-bond acceptors (Lipinski definition) is 2. The quantitative estimate of drug-likeness (QED) is 0.344. The van der Waals surface area contributed by atoms with E-state index in [1.807, 2.05) is 0 Å². The van der Waals surface area contributed by atoms with Gasteiger partial charge in [0, 0.05) is 17.5 Å². The zero-order chi connectivity index (χ0) is 21.2. The van der Waals surface area contributed by atoms with Crippen LogP contribution in [0.25, 0.3) is 33.4 Å². The highest BCUT2D eigenvalue weighted by molar-refractivity contribution is 5.90. The molecular weight excluding hydrogens is 380 g/mol. The largest absolute Gasteiger partial charge is 0.493 e. The van der Waals surface area contributed by atoms with Crippen LogP contribution in [0, 0.1) is 13.8 Å². The summed E-state index contributed by atoms with van der Waals surface area (Å²) in [4.78, 5) is 0. The third-order valence-electron chi connectivity index (χ3n) is 6.08. The Morgan fingerprint density at radius 2 is 0.935 bits per heavy atom. The van der Waals surface area contributed by atoms with Gasteiger partial charge in [-0.2, -0.15) is 0 Å². The second kappa shape index (κ2) is 8.31. The summed E-state index contributed by atoms with van der Waals surface area (Å²) in [5, 5.41) is 0. The van der Waals surface area contributed by atoms with Crippen molar-refractivity contribution in [1.29, 1.82) is 0 Å². The van der Waals surface area contributed by atoms with Gasteiger partial charge < -0.3 is 9.47 Å². The Kier molecular flexibility index (Phi) is 5.21. The minimum Gasteiger partial charge on any atom is -0.493 e. The number of hydrogen-bond donors (Lipinski definition) is 0. The van der Waals surface area contributed by atoms with Gasteiger partial charge in [-0.3, -0.25) is 0 Å². The SMILES string of the molecule is Cc1c(-c2ccccc2)ccc2c1-c1c(ccc(-c3ccccc3)c1C)OCCCO2. The van der Waals surface area contributed by atoms with E-state index in [0.717, 1.165) is 29.0 Å². The normalized spacial score (nSPS) is 13.0. The topological polar surface area (TPSA) is 18.5 Å². The van der Waals surface area contributed by atoms with Crippen LogP contribution in [-0.4, -0.2) is 13.2 Å². The molecule has 154 valence electrons. The molecular formula is C29H26O2. The first-order chi connectivity index (χ1) is 15.2. The summed E-state index contributed by atoms with van der Waals surface area (Å²) in [6.45, 7) is 5.69. The summed E-state index contributed by atoms with van der Waals surface area (Å²) >= 11 is 0. The van der Waals surface area contributed by atoms with Crippen LogP contribution in [0.5, 0.6) is 11.5 Å². The monoisotopic (exact) mass is 406 g/mol. The van der Waals surface area contributed by atoms with Crippen LogP contribution in [0.3, 0.4) is 0 Å². The highest BCUT2D eigenvalue weighted by atomic mass is 16.5. The fraction of sp³-hybridized carbons (Fsp3) is 0.172. The van der Waals surface area contributed by atoms with Gasteiger partial charge in [-0.1, -0.05) is 72.8 Å². The number of ether oxygens (including phenoxy) is 2. The van der Waals surface area contributed by atoms with Crippen molar-refractivity contribution in [2.75, 3.05) is 13.2 Å². The standard InChI is InChI=1S/C29H26O2/c1-20-24(22-10-5-3-6-11-22)14-16-26-28(20)29-21(2)25(23-12-7-4-8-13-23)15-17-27(29)31-19-9-18-30-26/h3-8,10-17H,9,18-19H2,1-2H3. The number of rotatable bonds is 2. The predicted octanol–water partition coefficient (Wildman–Crippen LogP) is 7.47. The smallest absolute Gasteiger partial charge is 0.127 e. The Morgan fingerprint density at radius 1 is 0.516 bits per heavy atom. The van der Waals surface area contributed by atoms with Crippen LogP contribution < -0.4 is 9.47 Å². The zero-order valence-electron chi connectivity index (χ0n) is 18.0. The molecule has 1 heterocycles. The highest BCUT2D eigenvalue weighted by Crippen LogP contribution is 2.47. The van der Waals surface area contributed by atoms with Crippen molar-refractivity contribution in [1.82, 2.24) is 0 Å². The van der Waals surface area contributed by atoms with Crippen molar-refractivity contribution in [3.8, 4) is 44.9 Å². The Labute approximate surface area is 184 Å². The summed E-state index contributed by atoms with van der Waals surface area (Å²) < 4.78 is 12.5. The fourth-order valence-electron chi connectivity index (χ4n) is 4.52. The predicted molar refractivity (Wildman–Crippen MR) is 128 cm³/mol. The summed E-state index contributed by atoms with van der Waals surface area (Å²) in [6.07, 6.45) is 0.859. The molecule has 4 aromatic rings. The third-order valence-corrected chi connectivity index (χ3v) is 6.08. The molecule has 0 aliphatic carbocycles. The number of fused-ring (bicyclic) bond motifs is 3. The number of benzene rings is 4. The second-order valence-electron chi connectivity index (χ2n) is 8.01. The van der Waals surface area contributed by atoms with Crippen LogP contribution in [0.4, 0.5) is 0 Å². The molecule has 5 rings (SSSR count). The van der Waals surface area contributed by atoms with Gasteiger partial charge in [0.1, 0.15) is 11.5 Å². The molecule has 0 fully saturated rings. The summed E-state index contributed by atoms with van der Waals surface area (Å²) in [7, 11) is 0. The lowest BCUT2D eigenvalue weighted by atomic mass is 9.86. The van der Waals surface area contributed by atoms with E-state index < -0.39 is 0 Å². The van der Waals surface area contributed by atoms with E-state index in [2.05, 4.69) is 98.8 Å².